The van der Waals surface area contributed by atoms with Gasteiger partial charge in [0.1, 0.15) is 5.69 Å². The number of fused-ring (bicyclic) bond motifs is 3. The van der Waals surface area contributed by atoms with Gasteiger partial charge in [-0.2, -0.15) is 4.58 Å². The molecule has 2 nitrogen and oxygen atoms in total. The van der Waals surface area contributed by atoms with E-state index in [2.05, 4.69) is 112 Å². The summed E-state index contributed by atoms with van der Waals surface area (Å²) >= 11 is 0. The van der Waals surface area contributed by atoms with Crippen LogP contribution in [-0.2, 0) is 6.67 Å². The zero-order valence-corrected chi connectivity index (χ0v) is 15.4. The van der Waals surface area contributed by atoms with Gasteiger partial charge in [0.25, 0.3) is 0 Å². The number of nitrogens with zero attached hydrogens (tertiary/aromatic N) is 2. The second-order valence-electron chi connectivity index (χ2n) is 7.34. The van der Waals surface area contributed by atoms with Crippen LogP contribution in [0.25, 0.3) is 32.8 Å². The van der Waals surface area contributed by atoms with Crippen molar-refractivity contribution in [2.45, 2.75) is 6.67 Å². The van der Waals surface area contributed by atoms with Gasteiger partial charge in [-0.3, -0.25) is 4.57 Å². The Morgan fingerprint density at radius 2 is 1.29 bits per heavy atom. The molecule has 5 aromatic rings. The predicted molar refractivity (Wildman–Crippen MR) is 116 cm³/mol. The third-order valence-electron chi connectivity index (χ3n) is 5.71. The molecule has 0 atom stereocenters. The van der Waals surface area contributed by atoms with Gasteiger partial charge in [0.2, 0.25) is 12.4 Å². The topological polar surface area (TPSA) is 7.94 Å². The van der Waals surface area contributed by atoms with Crippen molar-refractivity contribution in [3.05, 3.63) is 103 Å². The van der Waals surface area contributed by atoms with E-state index in [9.17, 15) is 0 Å². The van der Waals surface area contributed by atoms with E-state index in [0.717, 1.165) is 6.67 Å². The normalized spacial score (nSPS) is 13.1. The van der Waals surface area contributed by atoms with E-state index < -0.39 is 0 Å². The Morgan fingerprint density at radius 1 is 0.643 bits per heavy atom. The largest absolute Gasteiger partial charge is 0.279 e. The van der Waals surface area contributed by atoms with Crippen LogP contribution in [0.3, 0.4) is 0 Å². The number of rotatable bonds is 2. The van der Waals surface area contributed by atoms with Crippen LogP contribution < -0.4 is 0 Å². The molecule has 0 saturated heterocycles. The van der Waals surface area contributed by atoms with Crippen molar-refractivity contribution in [1.29, 1.82) is 0 Å². The average molecular weight is 359 g/mol. The van der Waals surface area contributed by atoms with E-state index in [1.165, 1.54) is 44.2 Å². The second-order valence-corrected chi connectivity index (χ2v) is 7.34. The molecule has 0 bridgehead atoms. The number of hydrogen-bond acceptors (Lipinski definition) is 0. The summed E-state index contributed by atoms with van der Waals surface area (Å²) in [6.07, 6.45) is 2.24. The molecule has 2 heterocycles. The maximum Gasteiger partial charge on any atom is 0.228 e. The van der Waals surface area contributed by atoms with Crippen molar-refractivity contribution in [1.82, 2.24) is 4.57 Å². The van der Waals surface area contributed by atoms with Crippen LogP contribution in [0.1, 0.15) is 5.69 Å². The number of benzene rings is 4. The molecule has 4 aromatic carbocycles. The lowest BCUT2D eigenvalue weighted by Crippen LogP contribution is -2.06. The highest BCUT2D eigenvalue weighted by Gasteiger charge is 2.24. The second kappa shape index (κ2) is 5.93. The molecule has 0 aliphatic carbocycles. The van der Waals surface area contributed by atoms with Crippen molar-refractivity contribution in [2.75, 3.05) is 0 Å². The first-order valence-electron chi connectivity index (χ1n) is 9.65. The van der Waals surface area contributed by atoms with Crippen LogP contribution in [0.15, 0.2) is 97.1 Å². The van der Waals surface area contributed by atoms with E-state index in [1.807, 2.05) is 0 Å². The Bertz CT molecular complexity index is 1320. The summed E-state index contributed by atoms with van der Waals surface area (Å²) in [5.74, 6) is 0. The van der Waals surface area contributed by atoms with Crippen LogP contribution in [0, 0.1) is 0 Å². The Kier molecular flexibility index (Phi) is 3.26. The Labute approximate surface area is 163 Å². The molecule has 28 heavy (non-hydrogen) atoms. The molecule has 0 radical (unpaired) electrons. The van der Waals surface area contributed by atoms with Gasteiger partial charge in [-0.25, -0.2) is 0 Å². The molecule has 0 N–H and O–H groups in total. The quantitative estimate of drug-likeness (QED) is 0.262. The van der Waals surface area contributed by atoms with Crippen LogP contribution >= 0.6 is 0 Å². The van der Waals surface area contributed by atoms with Gasteiger partial charge < -0.3 is 0 Å². The molecule has 0 spiro atoms. The first kappa shape index (κ1) is 15.4. The van der Waals surface area contributed by atoms with E-state index in [-0.39, 0.29) is 0 Å². The standard InChI is InChI=1S/C26H19N2/c1-2-10-21(11-3-1)27-17-22-14-15-25(28(22)18-27)26-23-12-6-4-8-19(23)16-20-9-5-7-13-24(20)26/h1-17H,18H2/q+1. The molecule has 0 fully saturated rings. The summed E-state index contributed by atoms with van der Waals surface area (Å²) < 4.78 is 4.73. The van der Waals surface area contributed by atoms with Crippen LogP contribution in [-0.4, -0.2) is 15.4 Å². The lowest BCUT2D eigenvalue weighted by Gasteiger charge is -2.13. The third kappa shape index (κ3) is 2.25. The molecule has 0 saturated carbocycles. The molecule has 1 aromatic heterocycles. The van der Waals surface area contributed by atoms with Gasteiger partial charge in [0.15, 0.2) is 6.21 Å². The summed E-state index contributed by atoms with van der Waals surface area (Å²) in [5, 5.41) is 5.18. The molecule has 1 aliphatic rings. The summed E-state index contributed by atoms with van der Waals surface area (Å²) in [5.41, 5.74) is 5.07. The van der Waals surface area contributed by atoms with Crippen molar-refractivity contribution in [3.8, 4) is 11.3 Å². The smallest absolute Gasteiger partial charge is 0.228 e. The molecule has 2 heteroatoms. The molecule has 1 aliphatic heterocycles. The summed E-state index contributed by atoms with van der Waals surface area (Å²) in [6, 6.07) is 34.8. The van der Waals surface area contributed by atoms with Crippen molar-refractivity contribution in [3.63, 3.8) is 0 Å². The Balaban J connectivity index is 1.58. The van der Waals surface area contributed by atoms with Crippen LogP contribution in [0.5, 0.6) is 0 Å². The van der Waals surface area contributed by atoms with Crippen molar-refractivity contribution in [2.24, 2.45) is 0 Å². The molecule has 0 amide bonds. The Morgan fingerprint density at radius 3 is 2.00 bits per heavy atom. The number of para-hydroxylation sites is 1. The molecule has 6 rings (SSSR count). The fourth-order valence-corrected chi connectivity index (χ4v) is 4.39. The highest BCUT2D eigenvalue weighted by molar-refractivity contribution is 6.12. The summed E-state index contributed by atoms with van der Waals surface area (Å²) in [7, 11) is 0. The van der Waals surface area contributed by atoms with Gasteiger partial charge in [-0.15, -0.1) is 0 Å². The van der Waals surface area contributed by atoms with Crippen LogP contribution in [0.2, 0.25) is 0 Å². The maximum atomic E-state index is 2.42. The van der Waals surface area contributed by atoms with Gasteiger partial charge in [-0.05, 0) is 39.7 Å². The third-order valence-corrected chi connectivity index (χ3v) is 5.71. The minimum atomic E-state index is 0.833. The number of aromatic nitrogens is 1. The van der Waals surface area contributed by atoms with Crippen molar-refractivity contribution < 1.29 is 4.58 Å². The van der Waals surface area contributed by atoms with Crippen molar-refractivity contribution >= 4 is 33.4 Å². The fourth-order valence-electron chi connectivity index (χ4n) is 4.39. The van der Waals surface area contributed by atoms with E-state index in [1.54, 1.807) is 0 Å². The minimum Gasteiger partial charge on any atom is -0.279 e. The van der Waals surface area contributed by atoms with Gasteiger partial charge in [-0.1, -0.05) is 66.7 Å². The van der Waals surface area contributed by atoms with Gasteiger partial charge in [0.05, 0.1) is 5.69 Å². The Hall–Kier alpha value is -3.65. The zero-order valence-electron chi connectivity index (χ0n) is 15.4. The highest BCUT2D eigenvalue weighted by atomic mass is 15.2. The maximum absolute atomic E-state index is 2.42. The first-order chi connectivity index (χ1) is 13.9. The zero-order chi connectivity index (χ0) is 18.5. The average Bonchev–Trinajstić information content (AvgIpc) is 3.34. The SMILES string of the molecule is C1=[N+](c2ccccc2)Cn2c1ccc2-c1c2ccccc2cc2ccccc12. The van der Waals surface area contributed by atoms with E-state index >= 15 is 0 Å². The molecular formula is C26H19N2+. The monoisotopic (exact) mass is 359 g/mol. The van der Waals surface area contributed by atoms with Crippen LogP contribution in [0.4, 0.5) is 5.69 Å². The highest BCUT2D eigenvalue weighted by Crippen LogP contribution is 2.38. The minimum absolute atomic E-state index is 0.833. The lowest BCUT2D eigenvalue weighted by atomic mass is 9.95. The molecule has 132 valence electrons. The number of hydrogen-bond donors (Lipinski definition) is 0. The van der Waals surface area contributed by atoms with E-state index in [4.69, 9.17) is 0 Å². The summed E-state index contributed by atoms with van der Waals surface area (Å²) in [4.78, 5) is 0. The van der Waals surface area contributed by atoms with Gasteiger partial charge in [0, 0.05) is 17.7 Å². The molecule has 0 unspecified atom stereocenters. The van der Waals surface area contributed by atoms with E-state index in [0.29, 0.717) is 0 Å². The predicted octanol–water partition coefficient (Wildman–Crippen LogP) is 6.20. The summed E-state index contributed by atoms with van der Waals surface area (Å²) in [6.45, 7) is 0.833. The molecular weight excluding hydrogens is 340 g/mol. The van der Waals surface area contributed by atoms with Gasteiger partial charge >= 0.3 is 0 Å². The fraction of sp³-hybridized carbons (Fsp3) is 0.0385. The first-order valence-corrected chi connectivity index (χ1v) is 9.65. The lowest BCUT2D eigenvalue weighted by molar-refractivity contribution is -0.463.